The zero-order valence-electron chi connectivity index (χ0n) is 16.1. The minimum atomic E-state index is -1.31. The fraction of sp³-hybridized carbons (Fsp3) is 0.286. The Kier molecular flexibility index (Phi) is 5.17. The van der Waals surface area contributed by atoms with Crippen LogP contribution in [0.4, 0.5) is 4.79 Å². The molecular formula is C21H22ClN3O3. The van der Waals surface area contributed by atoms with Crippen LogP contribution in [0, 0.1) is 13.8 Å². The highest BCUT2D eigenvalue weighted by molar-refractivity contribution is 6.32. The minimum absolute atomic E-state index is 0.296. The topological polar surface area (TPSA) is 71.4 Å². The summed E-state index contributed by atoms with van der Waals surface area (Å²) in [7, 11) is 0. The molecule has 1 saturated heterocycles. The number of aromatic nitrogens is 1. The fourth-order valence-electron chi connectivity index (χ4n) is 3.61. The second-order valence-corrected chi connectivity index (χ2v) is 7.44. The van der Waals surface area contributed by atoms with Gasteiger partial charge >= 0.3 is 6.03 Å². The summed E-state index contributed by atoms with van der Waals surface area (Å²) in [6, 6.07) is 8.00. The van der Waals surface area contributed by atoms with Gasteiger partial charge in [0.25, 0.3) is 5.91 Å². The van der Waals surface area contributed by atoms with Crippen molar-refractivity contribution in [2.45, 2.75) is 32.9 Å². The molecule has 1 aliphatic rings. The molecule has 2 aromatic rings. The summed E-state index contributed by atoms with van der Waals surface area (Å²) in [6.07, 6.45) is 1.75. The number of nitrogens with one attached hydrogen (secondary N) is 1. The van der Waals surface area contributed by atoms with Gasteiger partial charge in [0.15, 0.2) is 5.78 Å². The molecule has 28 heavy (non-hydrogen) atoms. The summed E-state index contributed by atoms with van der Waals surface area (Å²) in [6.45, 7) is 9.30. The lowest BCUT2D eigenvalue weighted by molar-refractivity contribution is -0.130. The average molecular weight is 400 g/mol. The zero-order chi connectivity index (χ0) is 20.6. The van der Waals surface area contributed by atoms with E-state index in [0.717, 1.165) is 16.3 Å². The van der Waals surface area contributed by atoms with Crippen LogP contribution in [0.2, 0.25) is 5.02 Å². The van der Waals surface area contributed by atoms with Crippen LogP contribution in [0.25, 0.3) is 0 Å². The molecule has 1 atom stereocenters. The molecule has 7 heteroatoms. The number of carbonyl (C=O) groups is 3. The first-order chi connectivity index (χ1) is 13.2. The number of nitrogens with zero attached hydrogens (tertiary/aromatic N) is 2. The number of aryl methyl sites for hydroxylation is 1. The molecule has 1 N–H and O–H groups in total. The second kappa shape index (κ2) is 7.28. The Hall–Kier alpha value is -2.86. The van der Waals surface area contributed by atoms with Gasteiger partial charge in [-0.15, -0.1) is 6.58 Å². The Morgan fingerprint density at radius 2 is 1.96 bits per heavy atom. The average Bonchev–Trinajstić information content (AvgIpc) is 3.05. The predicted octanol–water partition coefficient (Wildman–Crippen LogP) is 3.59. The third-order valence-electron chi connectivity index (χ3n) is 5.17. The number of imide groups is 1. The van der Waals surface area contributed by atoms with E-state index < -0.39 is 17.5 Å². The molecule has 0 unspecified atom stereocenters. The molecule has 2 heterocycles. The first-order valence-electron chi connectivity index (χ1n) is 8.90. The summed E-state index contributed by atoms with van der Waals surface area (Å²) >= 11 is 6.23. The SMILES string of the molecule is C=CCn1c(C)cc(C(=O)CN2C(=O)N[C@@](C)(c3ccccc3Cl)C2=O)c1C. The molecule has 0 aliphatic carbocycles. The number of rotatable bonds is 6. The number of ketones is 1. The number of benzene rings is 1. The van der Waals surface area contributed by atoms with Crippen molar-refractivity contribution in [1.82, 2.24) is 14.8 Å². The summed E-state index contributed by atoms with van der Waals surface area (Å²) in [5, 5.41) is 3.05. The number of hydrogen-bond acceptors (Lipinski definition) is 3. The van der Waals surface area contributed by atoms with Crippen molar-refractivity contribution in [1.29, 1.82) is 0 Å². The molecule has 146 valence electrons. The quantitative estimate of drug-likeness (QED) is 0.458. The van der Waals surface area contributed by atoms with E-state index in [-0.39, 0.29) is 12.3 Å². The van der Waals surface area contributed by atoms with E-state index in [2.05, 4.69) is 11.9 Å². The second-order valence-electron chi connectivity index (χ2n) is 7.03. The molecule has 1 aromatic carbocycles. The Balaban J connectivity index is 1.88. The zero-order valence-corrected chi connectivity index (χ0v) is 16.8. The molecule has 0 radical (unpaired) electrons. The molecular weight excluding hydrogens is 378 g/mol. The third kappa shape index (κ3) is 3.14. The van der Waals surface area contributed by atoms with E-state index >= 15 is 0 Å². The molecule has 0 spiro atoms. The van der Waals surface area contributed by atoms with Crippen LogP contribution in [0.1, 0.15) is 34.2 Å². The van der Waals surface area contributed by atoms with Crippen molar-refractivity contribution in [3.63, 3.8) is 0 Å². The van der Waals surface area contributed by atoms with Crippen LogP contribution in [-0.4, -0.2) is 33.7 Å². The Bertz CT molecular complexity index is 995. The van der Waals surface area contributed by atoms with Gasteiger partial charge in [-0.3, -0.25) is 14.5 Å². The van der Waals surface area contributed by atoms with Crippen LogP contribution in [-0.2, 0) is 16.9 Å². The number of amides is 3. The van der Waals surface area contributed by atoms with E-state index in [1.807, 2.05) is 18.4 Å². The van der Waals surface area contributed by atoms with Gasteiger partial charge in [-0.25, -0.2) is 4.79 Å². The van der Waals surface area contributed by atoms with Crippen LogP contribution in [0.3, 0.4) is 0 Å². The maximum absolute atomic E-state index is 13.0. The normalized spacial score (nSPS) is 19.1. The van der Waals surface area contributed by atoms with E-state index in [1.165, 1.54) is 0 Å². The molecule has 6 nitrogen and oxygen atoms in total. The lowest BCUT2D eigenvalue weighted by atomic mass is 9.92. The van der Waals surface area contributed by atoms with Crippen molar-refractivity contribution in [2.75, 3.05) is 6.54 Å². The number of Topliss-reactive ketones (excluding diaryl/α,β-unsaturated/α-hetero) is 1. The van der Waals surface area contributed by atoms with Crippen molar-refractivity contribution in [3.8, 4) is 0 Å². The molecule has 1 aliphatic heterocycles. The maximum atomic E-state index is 13.0. The highest BCUT2D eigenvalue weighted by Gasteiger charge is 2.50. The highest BCUT2D eigenvalue weighted by Crippen LogP contribution is 2.33. The Labute approximate surface area is 168 Å². The van der Waals surface area contributed by atoms with Gasteiger partial charge in [-0.05, 0) is 32.9 Å². The summed E-state index contributed by atoms with van der Waals surface area (Å²) in [4.78, 5) is 39.3. The number of urea groups is 1. The monoisotopic (exact) mass is 399 g/mol. The van der Waals surface area contributed by atoms with Gasteiger partial charge < -0.3 is 9.88 Å². The predicted molar refractivity (Wildman–Crippen MR) is 107 cm³/mol. The first-order valence-corrected chi connectivity index (χ1v) is 9.28. The van der Waals surface area contributed by atoms with Crippen LogP contribution < -0.4 is 5.32 Å². The third-order valence-corrected chi connectivity index (χ3v) is 5.50. The van der Waals surface area contributed by atoms with Crippen molar-refractivity contribution >= 4 is 29.3 Å². The maximum Gasteiger partial charge on any atom is 0.325 e. The van der Waals surface area contributed by atoms with Gasteiger partial charge in [0, 0.05) is 34.1 Å². The standard InChI is InChI=1S/C21H22ClN3O3/c1-5-10-24-13(2)11-15(14(24)3)18(26)12-25-19(27)21(4,23-20(25)28)16-8-6-7-9-17(16)22/h5-9,11H,1,10,12H2,2-4H3,(H,23,28)/t21-/m0/s1. The lowest BCUT2D eigenvalue weighted by Gasteiger charge is -2.23. The van der Waals surface area contributed by atoms with Gasteiger partial charge in [0.1, 0.15) is 5.54 Å². The first kappa shape index (κ1) is 19.9. The summed E-state index contributed by atoms with van der Waals surface area (Å²) < 4.78 is 1.96. The van der Waals surface area contributed by atoms with Gasteiger partial charge in [-0.1, -0.05) is 35.9 Å². The van der Waals surface area contributed by atoms with Crippen LogP contribution >= 0.6 is 11.6 Å². The van der Waals surface area contributed by atoms with E-state index in [0.29, 0.717) is 22.7 Å². The van der Waals surface area contributed by atoms with Gasteiger partial charge in [0.05, 0.1) is 6.54 Å². The number of halogens is 1. The molecule has 0 saturated carbocycles. The number of hydrogen-bond donors (Lipinski definition) is 1. The van der Waals surface area contributed by atoms with Crippen LogP contribution in [0.5, 0.6) is 0 Å². The molecule has 3 rings (SSSR count). The smallest absolute Gasteiger partial charge is 0.325 e. The molecule has 3 amide bonds. The summed E-state index contributed by atoms with van der Waals surface area (Å²) in [5.41, 5.74) is 1.37. The van der Waals surface area contributed by atoms with Crippen molar-refractivity contribution < 1.29 is 14.4 Å². The summed E-state index contributed by atoms with van der Waals surface area (Å²) in [5.74, 6) is -0.797. The van der Waals surface area contributed by atoms with E-state index in [4.69, 9.17) is 11.6 Å². The fourth-order valence-corrected chi connectivity index (χ4v) is 3.94. The van der Waals surface area contributed by atoms with Gasteiger partial charge in [-0.2, -0.15) is 0 Å². The van der Waals surface area contributed by atoms with Crippen LogP contribution in [0.15, 0.2) is 43.0 Å². The molecule has 1 aromatic heterocycles. The lowest BCUT2D eigenvalue weighted by Crippen LogP contribution is -2.41. The highest BCUT2D eigenvalue weighted by atomic mass is 35.5. The van der Waals surface area contributed by atoms with E-state index in [1.54, 1.807) is 43.3 Å². The molecule has 0 bridgehead atoms. The minimum Gasteiger partial charge on any atom is -0.345 e. The van der Waals surface area contributed by atoms with E-state index in [9.17, 15) is 14.4 Å². The van der Waals surface area contributed by atoms with Gasteiger partial charge in [0.2, 0.25) is 0 Å². The number of carbonyl (C=O) groups excluding carboxylic acids is 3. The largest absolute Gasteiger partial charge is 0.345 e. The Morgan fingerprint density at radius 1 is 1.29 bits per heavy atom. The Morgan fingerprint density at radius 3 is 2.61 bits per heavy atom. The van der Waals surface area contributed by atoms with Crippen molar-refractivity contribution in [3.05, 3.63) is 70.5 Å². The van der Waals surface area contributed by atoms with Crippen molar-refractivity contribution in [2.24, 2.45) is 0 Å². The molecule has 1 fully saturated rings. The number of allylic oxidation sites excluding steroid dienone is 1.